The Kier molecular flexibility index (Phi) is 3.44. The summed E-state index contributed by atoms with van der Waals surface area (Å²) in [4.78, 5) is 0. The average Bonchev–Trinajstić information content (AvgIpc) is 2.34. The van der Waals surface area contributed by atoms with Crippen molar-refractivity contribution in [3.05, 3.63) is 23.8 Å². The van der Waals surface area contributed by atoms with Gasteiger partial charge in [-0.2, -0.15) is 0 Å². The lowest BCUT2D eigenvalue weighted by molar-refractivity contribution is -0.0822. The van der Waals surface area contributed by atoms with Gasteiger partial charge in [-0.1, -0.05) is 20.8 Å². The molecule has 2 aliphatic rings. The first-order valence-electron chi connectivity index (χ1n) is 7.88. The summed E-state index contributed by atoms with van der Waals surface area (Å²) >= 11 is 0. The highest BCUT2D eigenvalue weighted by Gasteiger charge is 2.48. The highest BCUT2D eigenvalue weighted by atomic mass is 16.5. The van der Waals surface area contributed by atoms with Crippen molar-refractivity contribution < 1.29 is 14.6 Å². The number of hydrogen-bond acceptors (Lipinski definition) is 3. The van der Waals surface area contributed by atoms with Gasteiger partial charge >= 0.3 is 0 Å². The molecular weight excluding hydrogens is 264 g/mol. The van der Waals surface area contributed by atoms with Crippen molar-refractivity contribution in [3.63, 3.8) is 0 Å². The molecule has 0 saturated heterocycles. The van der Waals surface area contributed by atoms with Gasteiger partial charge in [-0.25, -0.2) is 0 Å². The van der Waals surface area contributed by atoms with Crippen LogP contribution >= 0.6 is 0 Å². The van der Waals surface area contributed by atoms with Crippen LogP contribution < -0.4 is 9.47 Å². The zero-order chi connectivity index (χ0) is 15.3. The number of hydrogen-bond donors (Lipinski definition) is 1. The fraction of sp³-hybridized carbons (Fsp3) is 0.667. The molecule has 3 atom stereocenters. The maximum atomic E-state index is 10.6. The van der Waals surface area contributed by atoms with Crippen molar-refractivity contribution in [2.45, 2.75) is 58.2 Å². The van der Waals surface area contributed by atoms with Crippen LogP contribution in [-0.2, 0) is 0 Å². The van der Waals surface area contributed by atoms with Crippen molar-refractivity contribution in [3.8, 4) is 11.5 Å². The number of fused-ring (bicyclic) bond motifs is 1. The van der Waals surface area contributed by atoms with E-state index in [1.807, 2.05) is 18.2 Å². The minimum Gasteiger partial charge on any atom is -0.497 e. The van der Waals surface area contributed by atoms with Crippen LogP contribution in [0.2, 0.25) is 0 Å². The lowest BCUT2D eigenvalue weighted by Crippen LogP contribution is -2.49. The van der Waals surface area contributed by atoms with Crippen LogP contribution in [0, 0.1) is 11.3 Å². The lowest BCUT2D eigenvalue weighted by Gasteiger charge is -2.50. The van der Waals surface area contributed by atoms with E-state index in [0.29, 0.717) is 12.3 Å². The molecule has 1 fully saturated rings. The van der Waals surface area contributed by atoms with Gasteiger partial charge in [0.25, 0.3) is 0 Å². The molecule has 2 unspecified atom stereocenters. The number of benzene rings is 1. The third kappa shape index (κ3) is 2.76. The fourth-order valence-corrected chi connectivity index (χ4v) is 4.64. The van der Waals surface area contributed by atoms with Gasteiger partial charge in [0.2, 0.25) is 0 Å². The van der Waals surface area contributed by atoms with Crippen LogP contribution in [0.4, 0.5) is 0 Å². The van der Waals surface area contributed by atoms with Crippen molar-refractivity contribution in [1.82, 2.24) is 0 Å². The van der Waals surface area contributed by atoms with E-state index in [0.717, 1.165) is 29.9 Å². The number of ether oxygens (including phenoxy) is 2. The topological polar surface area (TPSA) is 38.7 Å². The standard InChI is InChI=1S/C18H26O3/c1-12-8-17(2,3)11-18(9-12)10-15(19)14-6-5-13(20-4)7-16(14)21-18/h5-7,12,15,19H,8-11H2,1-4H3/t12?,15-,18?/m0/s1. The predicted molar refractivity (Wildman–Crippen MR) is 82.7 cm³/mol. The van der Waals surface area contributed by atoms with Gasteiger partial charge in [0.05, 0.1) is 13.2 Å². The monoisotopic (exact) mass is 290 g/mol. The molecule has 0 bridgehead atoms. The number of aliphatic hydroxyl groups is 1. The van der Waals surface area contributed by atoms with Crippen LogP contribution in [-0.4, -0.2) is 17.8 Å². The van der Waals surface area contributed by atoms with E-state index < -0.39 is 6.10 Å². The van der Waals surface area contributed by atoms with Crippen LogP contribution in [0.1, 0.15) is 58.1 Å². The molecule has 0 aromatic heterocycles. The summed E-state index contributed by atoms with van der Waals surface area (Å²) in [5.74, 6) is 2.19. The van der Waals surface area contributed by atoms with Crippen LogP contribution in [0.5, 0.6) is 11.5 Å². The van der Waals surface area contributed by atoms with Gasteiger partial charge in [0.15, 0.2) is 0 Å². The van der Waals surface area contributed by atoms with Crippen LogP contribution in [0.25, 0.3) is 0 Å². The van der Waals surface area contributed by atoms with E-state index >= 15 is 0 Å². The molecule has 1 aliphatic carbocycles. The van der Waals surface area contributed by atoms with E-state index in [4.69, 9.17) is 9.47 Å². The van der Waals surface area contributed by atoms with E-state index in [2.05, 4.69) is 20.8 Å². The van der Waals surface area contributed by atoms with E-state index in [9.17, 15) is 5.11 Å². The third-order valence-corrected chi connectivity index (χ3v) is 4.89. The minimum atomic E-state index is -0.444. The first kappa shape index (κ1) is 14.7. The summed E-state index contributed by atoms with van der Waals surface area (Å²) in [6.07, 6.45) is 3.49. The zero-order valence-electron chi connectivity index (χ0n) is 13.5. The Hall–Kier alpha value is -1.22. The molecule has 0 amide bonds. The SMILES string of the molecule is COc1ccc2c(c1)OC1(CC(C)CC(C)(C)C1)C[C@@H]2O. The van der Waals surface area contributed by atoms with Gasteiger partial charge < -0.3 is 14.6 Å². The highest BCUT2D eigenvalue weighted by molar-refractivity contribution is 5.44. The fourth-order valence-electron chi connectivity index (χ4n) is 4.64. The average molecular weight is 290 g/mol. The smallest absolute Gasteiger partial charge is 0.129 e. The van der Waals surface area contributed by atoms with E-state index in [1.165, 1.54) is 6.42 Å². The molecule has 3 rings (SSSR count). The normalized spacial score (nSPS) is 34.1. The lowest BCUT2D eigenvalue weighted by atomic mass is 9.63. The van der Waals surface area contributed by atoms with Crippen LogP contribution in [0.3, 0.4) is 0 Å². The van der Waals surface area contributed by atoms with Gasteiger partial charge in [0, 0.05) is 18.1 Å². The molecular formula is C18H26O3. The van der Waals surface area contributed by atoms with Gasteiger partial charge in [-0.05, 0) is 42.7 Å². The Morgan fingerprint density at radius 1 is 1.24 bits per heavy atom. The second-order valence-electron chi connectivity index (χ2n) is 7.76. The van der Waals surface area contributed by atoms with Crippen molar-refractivity contribution in [2.75, 3.05) is 7.11 Å². The summed E-state index contributed by atoms with van der Waals surface area (Å²) in [7, 11) is 1.66. The van der Waals surface area contributed by atoms with Gasteiger partial charge in [-0.3, -0.25) is 0 Å². The Morgan fingerprint density at radius 2 is 2.00 bits per heavy atom. The summed E-state index contributed by atoms with van der Waals surface area (Å²) in [6, 6.07) is 5.71. The van der Waals surface area contributed by atoms with Crippen molar-refractivity contribution in [2.24, 2.45) is 11.3 Å². The molecule has 3 nitrogen and oxygen atoms in total. The Morgan fingerprint density at radius 3 is 2.67 bits per heavy atom. The molecule has 1 spiro atoms. The molecule has 1 heterocycles. The largest absolute Gasteiger partial charge is 0.497 e. The van der Waals surface area contributed by atoms with Crippen LogP contribution in [0.15, 0.2) is 18.2 Å². The first-order valence-corrected chi connectivity index (χ1v) is 7.88. The van der Waals surface area contributed by atoms with E-state index in [-0.39, 0.29) is 11.0 Å². The molecule has 1 aliphatic heterocycles. The predicted octanol–water partition coefficient (Wildman–Crippen LogP) is 4.10. The summed E-state index contributed by atoms with van der Waals surface area (Å²) in [5, 5.41) is 10.6. The minimum absolute atomic E-state index is 0.236. The van der Waals surface area contributed by atoms with Gasteiger partial charge in [-0.15, -0.1) is 0 Å². The Labute approximate surface area is 127 Å². The first-order chi connectivity index (χ1) is 9.82. The Bertz CT molecular complexity index is 537. The molecule has 116 valence electrons. The third-order valence-electron chi connectivity index (χ3n) is 4.89. The number of rotatable bonds is 1. The molecule has 3 heteroatoms. The summed E-state index contributed by atoms with van der Waals surface area (Å²) < 4.78 is 11.7. The second-order valence-corrected chi connectivity index (χ2v) is 7.76. The van der Waals surface area contributed by atoms with Crippen molar-refractivity contribution in [1.29, 1.82) is 0 Å². The Balaban J connectivity index is 1.96. The zero-order valence-corrected chi connectivity index (χ0v) is 13.5. The molecule has 0 radical (unpaired) electrons. The van der Waals surface area contributed by atoms with Crippen molar-refractivity contribution >= 4 is 0 Å². The molecule has 21 heavy (non-hydrogen) atoms. The molecule has 1 aromatic rings. The number of methoxy groups -OCH3 is 1. The second kappa shape index (κ2) is 4.91. The molecule has 1 aromatic carbocycles. The molecule has 1 N–H and O–H groups in total. The quantitative estimate of drug-likeness (QED) is 0.846. The summed E-state index contributed by atoms with van der Waals surface area (Å²) in [5.41, 5.74) is 0.908. The summed E-state index contributed by atoms with van der Waals surface area (Å²) in [6.45, 7) is 6.90. The maximum absolute atomic E-state index is 10.6. The maximum Gasteiger partial charge on any atom is 0.129 e. The van der Waals surface area contributed by atoms with E-state index in [1.54, 1.807) is 7.11 Å². The highest BCUT2D eigenvalue weighted by Crippen LogP contribution is 2.52. The number of aliphatic hydroxyl groups excluding tert-OH is 1. The van der Waals surface area contributed by atoms with Gasteiger partial charge in [0.1, 0.15) is 17.1 Å². The molecule has 1 saturated carbocycles.